The summed E-state index contributed by atoms with van der Waals surface area (Å²) in [4.78, 5) is 14.1. The summed E-state index contributed by atoms with van der Waals surface area (Å²) < 4.78 is 5.50. The Kier molecular flexibility index (Phi) is 6.72. The fourth-order valence-electron chi connectivity index (χ4n) is 2.42. The second-order valence-corrected chi connectivity index (χ2v) is 7.23. The van der Waals surface area contributed by atoms with E-state index in [0.29, 0.717) is 18.8 Å². The minimum Gasteiger partial charge on any atom is -0.444 e. The van der Waals surface area contributed by atoms with Crippen LogP contribution in [0.3, 0.4) is 0 Å². The smallest absolute Gasteiger partial charge is 0.410 e. The van der Waals surface area contributed by atoms with E-state index >= 15 is 0 Å². The fraction of sp³-hybridized carbons (Fsp3) is 0.400. The van der Waals surface area contributed by atoms with E-state index in [4.69, 9.17) is 10.00 Å². The van der Waals surface area contributed by atoms with E-state index in [-0.39, 0.29) is 17.8 Å². The highest BCUT2D eigenvalue weighted by atomic mass is 16.6. The maximum atomic E-state index is 12.5. The number of ether oxygens (including phenoxy) is 1. The third-order valence-electron chi connectivity index (χ3n) is 3.84. The number of amides is 1. The number of nitriles is 1. The van der Waals surface area contributed by atoms with Crippen LogP contribution in [0.2, 0.25) is 0 Å². The number of hydrogen-bond acceptors (Lipinski definition) is 6. The second-order valence-electron chi connectivity index (χ2n) is 7.23. The molecule has 27 heavy (non-hydrogen) atoms. The van der Waals surface area contributed by atoms with E-state index in [9.17, 15) is 4.79 Å². The summed E-state index contributed by atoms with van der Waals surface area (Å²) in [5.74, 6) is 0.546. The molecule has 1 aromatic heterocycles. The highest BCUT2D eigenvalue weighted by molar-refractivity contribution is 5.68. The quantitative estimate of drug-likeness (QED) is 0.843. The van der Waals surface area contributed by atoms with Crippen molar-refractivity contribution in [2.24, 2.45) is 0 Å². The molecular formula is C20H25N5O2. The predicted molar refractivity (Wildman–Crippen MR) is 103 cm³/mol. The van der Waals surface area contributed by atoms with E-state index < -0.39 is 5.60 Å². The molecule has 0 saturated heterocycles. The molecule has 7 nitrogen and oxygen atoms in total. The molecule has 0 unspecified atom stereocenters. The molecule has 1 amide bonds. The molecule has 0 fully saturated rings. The van der Waals surface area contributed by atoms with E-state index in [0.717, 1.165) is 5.56 Å². The fourth-order valence-corrected chi connectivity index (χ4v) is 2.42. The van der Waals surface area contributed by atoms with Crippen LogP contribution in [0.25, 0.3) is 0 Å². The molecule has 142 valence electrons. The third-order valence-corrected chi connectivity index (χ3v) is 3.84. The molecule has 7 heteroatoms. The molecule has 1 N–H and O–H groups in total. The Balaban J connectivity index is 2.10. The number of hydrogen-bond donors (Lipinski definition) is 1. The zero-order chi connectivity index (χ0) is 19.9. The van der Waals surface area contributed by atoms with Crippen LogP contribution in [0.1, 0.15) is 32.0 Å². The van der Waals surface area contributed by atoms with Crippen LogP contribution in [-0.4, -0.2) is 46.4 Å². The van der Waals surface area contributed by atoms with Crippen molar-refractivity contribution in [2.75, 3.05) is 18.9 Å². The van der Waals surface area contributed by atoms with Gasteiger partial charge < -0.3 is 15.0 Å². The van der Waals surface area contributed by atoms with Gasteiger partial charge >= 0.3 is 6.09 Å². The lowest BCUT2D eigenvalue weighted by Crippen LogP contribution is -2.45. The van der Waals surface area contributed by atoms with Gasteiger partial charge in [-0.3, -0.25) is 0 Å². The first-order valence-corrected chi connectivity index (χ1v) is 8.76. The molecule has 2 rings (SSSR count). The molecule has 0 aliphatic rings. The summed E-state index contributed by atoms with van der Waals surface area (Å²) in [6, 6.07) is 15.0. The summed E-state index contributed by atoms with van der Waals surface area (Å²) in [6.45, 7) is 5.99. The number of rotatable bonds is 6. The molecule has 0 aliphatic heterocycles. The Labute approximate surface area is 160 Å². The predicted octanol–water partition coefficient (Wildman–Crippen LogP) is 3.24. The molecule has 0 bridgehead atoms. The highest BCUT2D eigenvalue weighted by Gasteiger charge is 2.25. The van der Waals surface area contributed by atoms with Crippen molar-refractivity contribution in [3.05, 3.63) is 53.7 Å². The Hall–Kier alpha value is -3.14. The monoisotopic (exact) mass is 367 g/mol. The summed E-state index contributed by atoms with van der Waals surface area (Å²) in [6.07, 6.45) is 0.281. The average Bonchev–Trinajstić information content (AvgIpc) is 2.64. The standard InChI is InChI=1S/C20H25N5O2/c1-20(2,3)27-19(26)25(4)17(12-15-8-6-5-7-9-15)14-22-18-11-10-16(13-21)23-24-18/h5-11,17H,12,14H2,1-4H3,(H,22,24)/t17-/m1/s1. The molecule has 0 spiro atoms. The van der Waals surface area contributed by atoms with Crippen molar-refractivity contribution < 1.29 is 9.53 Å². The Bertz CT molecular complexity index is 779. The lowest BCUT2D eigenvalue weighted by Gasteiger charge is -2.31. The average molecular weight is 367 g/mol. The second kappa shape index (κ2) is 8.99. The third kappa shape index (κ3) is 6.59. The number of benzene rings is 1. The highest BCUT2D eigenvalue weighted by Crippen LogP contribution is 2.14. The van der Waals surface area contributed by atoms with E-state index in [1.54, 1.807) is 24.1 Å². The number of aromatic nitrogens is 2. The van der Waals surface area contributed by atoms with Gasteiger partial charge in [-0.2, -0.15) is 5.26 Å². The van der Waals surface area contributed by atoms with Gasteiger partial charge in [-0.1, -0.05) is 30.3 Å². The van der Waals surface area contributed by atoms with Crippen LogP contribution in [0, 0.1) is 11.3 Å². The zero-order valence-electron chi connectivity index (χ0n) is 16.1. The topological polar surface area (TPSA) is 91.1 Å². The Morgan fingerprint density at radius 2 is 1.93 bits per heavy atom. The van der Waals surface area contributed by atoms with E-state index in [1.807, 2.05) is 57.2 Å². The van der Waals surface area contributed by atoms with Gasteiger partial charge in [0.2, 0.25) is 0 Å². The molecule has 0 saturated carbocycles. The Morgan fingerprint density at radius 3 is 2.48 bits per heavy atom. The number of carbonyl (C=O) groups excluding carboxylic acids is 1. The van der Waals surface area contributed by atoms with Crippen LogP contribution in [0.5, 0.6) is 0 Å². The minimum absolute atomic E-state index is 0.153. The number of likely N-dealkylation sites (N-methyl/N-ethyl adjacent to an activating group) is 1. The molecular weight excluding hydrogens is 342 g/mol. The molecule has 2 aromatic rings. The Morgan fingerprint density at radius 1 is 1.22 bits per heavy atom. The van der Waals surface area contributed by atoms with Gasteiger partial charge in [0.15, 0.2) is 5.69 Å². The number of nitrogens with zero attached hydrogens (tertiary/aromatic N) is 4. The number of nitrogens with one attached hydrogen (secondary N) is 1. The van der Waals surface area contributed by atoms with Gasteiger partial charge in [-0.15, -0.1) is 10.2 Å². The van der Waals surface area contributed by atoms with Crippen molar-refractivity contribution in [2.45, 2.75) is 38.8 Å². The van der Waals surface area contributed by atoms with Crippen LogP contribution >= 0.6 is 0 Å². The first kappa shape index (κ1) is 20.2. The van der Waals surface area contributed by atoms with Crippen molar-refractivity contribution in [3.63, 3.8) is 0 Å². The van der Waals surface area contributed by atoms with Crippen LogP contribution in [0.15, 0.2) is 42.5 Å². The van der Waals surface area contributed by atoms with Gasteiger partial charge in [0.1, 0.15) is 17.5 Å². The van der Waals surface area contributed by atoms with Crippen LogP contribution < -0.4 is 5.32 Å². The first-order valence-electron chi connectivity index (χ1n) is 8.76. The molecule has 1 aromatic carbocycles. The summed E-state index contributed by atoms with van der Waals surface area (Å²) in [5, 5.41) is 19.8. The maximum Gasteiger partial charge on any atom is 0.410 e. The largest absolute Gasteiger partial charge is 0.444 e. The van der Waals surface area contributed by atoms with Crippen LogP contribution in [0.4, 0.5) is 10.6 Å². The van der Waals surface area contributed by atoms with Crippen molar-refractivity contribution in [1.82, 2.24) is 15.1 Å². The van der Waals surface area contributed by atoms with E-state index in [2.05, 4.69) is 15.5 Å². The van der Waals surface area contributed by atoms with Crippen molar-refractivity contribution in [1.29, 1.82) is 5.26 Å². The molecule has 0 radical (unpaired) electrons. The molecule has 1 heterocycles. The van der Waals surface area contributed by atoms with Gasteiger partial charge in [0, 0.05) is 13.6 Å². The minimum atomic E-state index is -0.561. The van der Waals surface area contributed by atoms with Gasteiger partial charge in [0.05, 0.1) is 6.04 Å². The van der Waals surface area contributed by atoms with Crippen molar-refractivity contribution in [3.8, 4) is 6.07 Å². The zero-order valence-corrected chi connectivity index (χ0v) is 16.1. The maximum absolute atomic E-state index is 12.5. The van der Waals surface area contributed by atoms with Gasteiger partial charge in [-0.25, -0.2) is 4.79 Å². The summed E-state index contributed by atoms with van der Waals surface area (Å²) in [5.41, 5.74) is 0.812. The SMILES string of the molecule is CN(C(=O)OC(C)(C)C)[C@@H](CNc1ccc(C#N)nn1)Cc1ccccc1. The number of anilines is 1. The normalized spacial score (nSPS) is 12.0. The number of carbonyl (C=O) groups is 1. The van der Waals surface area contributed by atoms with E-state index in [1.165, 1.54) is 0 Å². The lowest BCUT2D eigenvalue weighted by molar-refractivity contribution is 0.0231. The van der Waals surface area contributed by atoms with Crippen molar-refractivity contribution >= 4 is 11.9 Å². The van der Waals surface area contributed by atoms with Gasteiger partial charge in [-0.05, 0) is 44.9 Å². The molecule has 1 atom stereocenters. The summed E-state index contributed by atoms with van der Waals surface area (Å²) in [7, 11) is 1.73. The first-order chi connectivity index (χ1) is 12.8. The summed E-state index contributed by atoms with van der Waals surface area (Å²) >= 11 is 0. The van der Waals surface area contributed by atoms with Crippen LogP contribution in [-0.2, 0) is 11.2 Å². The molecule has 0 aliphatic carbocycles. The lowest BCUT2D eigenvalue weighted by atomic mass is 10.1. The van der Waals surface area contributed by atoms with Gasteiger partial charge in [0.25, 0.3) is 0 Å².